The summed E-state index contributed by atoms with van der Waals surface area (Å²) in [5.74, 6) is 0.304. The van der Waals surface area contributed by atoms with Crippen LogP contribution in [0.5, 0.6) is 5.75 Å². The number of amides is 3. The third-order valence-electron chi connectivity index (χ3n) is 3.92. The van der Waals surface area contributed by atoms with Gasteiger partial charge >= 0.3 is 6.03 Å². The molecule has 1 aliphatic heterocycles. The number of hydrogen-bond acceptors (Lipinski definition) is 3. The van der Waals surface area contributed by atoms with E-state index in [4.69, 9.17) is 27.9 Å². The van der Waals surface area contributed by atoms with Crippen LogP contribution in [0.3, 0.4) is 0 Å². The molecular formula is C19H15BrCl2N2O3. The highest BCUT2D eigenvalue weighted by molar-refractivity contribution is 9.10. The minimum atomic E-state index is -0.408. The van der Waals surface area contributed by atoms with Crippen molar-refractivity contribution in [3.05, 3.63) is 67.7 Å². The van der Waals surface area contributed by atoms with Gasteiger partial charge in [-0.2, -0.15) is 0 Å². The number of carbonyl (C=O) groups is 2. The number of hydrogen-bond donors (Lipinski definition) is 1. The van der Waals surface area contributed by atoms with Gasteiger partial charge < -0.3 is 10.1 Å². The fourth-order valence-electron chi connectivity index (χ4n) is 2.54. The third-order valence-corrected chi connectivity index (χ3v) is 5.28. The molecule has 3 rings (SSSR count). The zero-order valence-electron chi connectivity index (χ0n) is 14.3. The lowest BCUT2D eigenvalue weighted by atomic mass is 10.2. The topological polar surface area (TPSA) is 58.6 Å². The zero-order chi connectivity index (χ0) is 19.6. The van der Waals surface area contributed by atoms with Gasteiger partial charge in [0.2, 0.25) is 0 Å². The quantitative estimate of drug-likeness (QED) is 0.480. The molecule has 2 aromatic carbocycles. The number of imide groups is 1. The first kappa shape index (κ1) is 19.7. The molecule has 0 aliphatic carbocycles. The summed E-state index contributed by atoms with van der Waals surface area (Å²) >= 11 is 15.4. The summed E-state index contributed by atoms with van der Waals surface area (Å²) in [4.78, 5) is 25.0. The molecule has 1 fully saturated rings. The van der Waals surface area contributed by atoms with Gasteiger partial charge in [-0.25, -0.2) is 4.79 Å². The Hall–Kier alpha value is -2.02. The Bertz CT molecular complexity index is 947. The van der Waals surface area contributed by atoms with Crippen molar-refractivity contribution in [2.45, 2.75) is 13.5 Å². The van der Waals surface area contributed by atoms with Crippen LogP contribution < -0.4 is 10.1 Å². The number of benzene rings is 2. The van der Waals surface area contributed by atoms with Gasteiger partial charge in [-0.15, -0.1) is 0 Å². The second-order valence-corrected chi connectivity index (χ2v) is 7.43. The fourth-order valence-corrected chi connectivity index (χ4v) is 3.37. The SMILES string of the molecule is CCN1C(=O)N/C(=C/c2ccc(OCc3ccc(Cl)c(Cl)c3)c(Br)c2)C1=O. The molecule has 8 heteroatoms. The molecule has 3 amide bonds. The number of urea groups is 1. The maximum Gasteiger partial charge on any atom is 0.328 e. The Morgan fingerprint density at radius 2 is 1.93 bits per heavy atom. The van der Waals surface area contributed by atoms with Gasteiger partial charge in [-0.1, -0.05) is 35.3 Å². The van der Waals surface area contributed by atoms with Crippen LogP contribution in [0.1, 0.15) is 18.1 Å². The van der Waals surface area contributed by atoms with E-state index in [9.17, 15) is 9.59 Å². The van der Waals surface area contributed by atoms with Crippen LogP contribution in [0, 0.1) is 0 Å². The van der Waals surface area contributed by atoms with Crippen LogP contribution in [0.4, 0.5) is 4.79 Å². The molecule has 140 valence electrons. The molecule has 2 aromatic rings. The highest BCUT2D eigenvalue weighted by Gasteiger charge is 2.31. The molecule has 0 radical (unpaired) electrons. The van der Waals surface area contributed by atoms with Gasteiger partial charge in [0.15, 0.2) is 0 Å². The lowest BCUT2D eigenvalue weighted by Crippen LogP contribution is -2.30. The smallest absolute Gasteiger partial charge is 0.328 e. The predicted molar refractivity (Wildman–Crippen MR) is 109 cm³/mol. The van der Waals surface area contributed by atoms with E-state index in [0.29, 0.717) is 28.9 Å². The minimum absolute atomic E-state index is 0.248. The summed E-state index contributed by atoms with van der Waals surface area (Å²) in [6.45, 7) is 2.40. The molecular weight excluding hydrogens is 455 g/mol. The Morgan fingerprint density at radius 3 is 2.56 bits per heavy atom. The number of rotatable bonds is 5. The molecule has 0 spiro atoms. The number of nitrogens with one attached hydrogen (secondary N) is 1. The number of halogens is 3. The maximum atomic E-state index is 12.1. The van der Waals surface area contributed by atoms with Gasteiger partial charge in [0.25, 0.3) is 5.91 Å². The number of nitrogens with zero attached hydrogens (tertiary/aromatic N) is 1. The Morgan fingerprint density at radius 1 is 1.15 bits per heavy atom. The monoisotopic (exact) mass is 468 g/mol. The molecule has 1 saturated heterocycles. The van der Waals surface area contributed by atoms with Gasteiger partial charge in [-0.05, 0) is 64.3 Å². The lowest BCUT2D eigenvalue weighted by Gasteiger charge is -2.10. The molecule has 1 N–H and O–H groups in total. The number of ether oxygens (including phenoxy) is 1. The van der Waals surface area contributed by atoms with Crippen LogP contribution in [-0.4, -0.2) is 23.4 Å². The second-order valence-electron chi connectivity index (χ2n) is 5.76. The Labute approximate surface area is 175 Å². The van der Waals surface area contributed by atoms with Gasteiger partial charge in [0.1, 0.15) is 18.1 Å². The largest absolute Gasteiger partial charge is 0.488 e. The summed E-state index contributed by atoms with van der Waals surface area (Å²) in [7, 11) is 0. The van der Waals surface area contributed by atoms with E-state index < -0.39 is 6.03 Å². The summed E-state index contributed by atoms with van der Waals surface area (Å²) in [6.07, 6.45) is 1.63. The van der Waals surface area contributed by atoms with Crippen molar-refractivity contribution in [1.29, 1.82) is 0 Å². The summed E-state index contributed by atoms with van der Waals surface area (Å²) in [6, 6.07) is 10.3. The third kappa shape index (κ3) is 4.46. The molecule has 5 nitrogen and oxygen atoms in total. The highest BCUT2D eigenvalue weighted by atomic mass is 79.9. The summed E-state index contributed by atoms with van der Waals surface area (Å²) in [5, 5.41) is 3.54. The van der Waals surface area contributed by atoms with Crippen LogP contribution in [-0.2, 0) is 11.4 Å². The van der Waals surface area contributed by atoms with Crippen LogP contribution in [0.2, 0.25) is 10.0 Å². The molecule has 1 heterocycles. The van der Waals surface area contributed by atoms with Crippen molar-refractivity contribution in [3.63, 3.8) is 0 Å². The minimum Gasteiger partial charge on any atom is -0.488 e. The van der Waals surface area contributed by atoms with E-state index in [1.807, 2.05) is 12.1 Å². The average Bonchev–Trinajstić information content (AvgIpc) is 2.90. The van der Waals surface area contributed by atoms with Crippen LogP contribution >= 0.6 is 39.1 Å². The molecule has 0 saturated carbocycles. The predicted octanol–water partition coefficient (Wildman–Crippen LogP) is 5.25. The van der Waals surface area contributed by atoms with Crippen molar-refractivity contribution < 1.29 is 14.3 Å². The van der Waals surface area contributed by atoms with E-state index in [1.165, 1.54) is 0 Å². The second kappa shape index (κ2) is 8.33. The molecule has 1 aliphatic rings. The van der Waals surface area contributed by atoms with Crippen molar-refractivity contribution in [2.24, 2.45) is 0 Å². The zero-order valence-corrected chi connectivity index (χ0v) is 17.4. The molecule has 27 heavy (non-hydrogen) atoms. The van der Waals surface area contributed by atoms with E-state index in [-0.39, 0.29) is 11.6 Å². The van der Waals surface area contributed by atoms with Crippen molar-refractivity contribution in [1.82, 2.24) is 10.2 Å². The lowest BCUT2D eigenvalue weighted by molar-refractivity contribution is -0.122. The highest BCUT2D eigenvalue weighted by Crippen LogP contribution is 2.29. The first-order valence-electron chi connectivity index (χ1n) is 8.10. The standard InChI is InChI=1S/C19H15BrCl2N2O3/c1-2-24-18(25)16(23-19(24)26)9-11-4-6-17(13(20)7-11)27-10-12-3-5-14(21)15(22)8-12/h3-9H,2,10H2,1H3,(H,23,26)/b16-9+. The van der Waals surface area contributed by atoms with E-state index in [1.54, 1.807) is 37.3 Å². The van der Waals surface area contributed by atoms with Gasteiger partial charge in [0.05, 0.1) is 14.5 Å². The van der Waals surface area contributed by atoms with E-state index in [2.05, 4.69) is 21.2 Å². The maximum absolute atomic E-state index is 12.1. The van der Waals surface area contributed by atoms with Crippen molar-refractivity contribution in [2.75, 3.05) is 6.54 Å². The Balaban J connectivity index is 1.72. The van der Waals surface area contributed by atoms with Crippen molar-refractivity contribution in [3.8, 4) is 5.75 Å². The normalized spacial score (nSPS) is 15.4. The van der Waals surface area contributed by atoms with E-state index in [0.717, 1.165) is 20.5 Å². The molecule has 0 bridgehead atoms. The number of carbonyl (C=O) groups excluding carboxylic acids is 2. The van der Waals surface area contributed by atoms with E-state index >= 15 is 0 Å². The van der Waals surface area contributed by atoms with Crippen LogP contribution in [0.25, 0.3) is 6.08 Å². The first-order valence-corrected chi connectivity index (χ1v) is 9.64. The fraction of sp³-hybridized carbons (Fsp3) is 0.158. The Kier molecular flexibility index (Phi) is 6.09. The first-order chi connectivity index (χ1) is 12.9. The average molecular weight is 470 g/mol. The molecule has 0 unspecified atom stereocenters. The van der Waals surface area contributed by atoms with Gasteiger partial charge in [0, 0.05) is 6.54 Å². The molecule has 0 aromatic heterocycles. The summed E-state index contributed by atoms with van der Waals surface area (Å²) in [5.41, 5.74) is 1.89. The number of likely N-dealkylation sites (N-methyl/N-ethyl adjacent to an activating group) is 1. The molecule has 0 atom stereocenters. The van der Waals surface area contributed by atoms with Crippen LogP contribution in [0.15, 0.2) is 46.6 Å². The summed E-state index contributed by atoms with van der Waals surface area (Å²) < 4.78 is 6.52. The van der Waals surface area contributed by atoms with Gasteiger partial charge in [-0.3, -0.25) is 9.69 Å². The van der Waals surface area contributed by atoms with Crippen molar-refractivity contribution >= 4 is 57.1 Å².